The molecule has 0 amide bonds. The third-order valence-electron chi connectivity index (χ3n) is 6.12. The van der Waals surface area contributed by atoms with Gasteiger partial charge in [-0.05, 0) is 41.5 Å². The average Bonchev–Trinajstić information content (AvgIpc) is 2.91. The second kappa shape index (κ2) is 10.7. The molecule has 5 rings (SSSR count). The molecule has 0 aromatic heterocycles. The summed E-state index contributed by atoms with van der Waals surface area (Å²) >= 11 is 1.94. The molecule has 2 N–H and O–H groups in total. The molecule has 0 saturated carbocycles. The van der Waals surface area contributed by atoms with Crippen molar-refractivity contribution in [2.24, 2.45) is 0 Å². The Morgan fingerprint density at radius 3 is 1.86 bits per heavy atom. The first-order chi connectivity index (χ1) is 17.2. The van der Waals surface area contributed by atoms with Gasteiger partial charge in [-0.2, -0.15) is 0 Å². The van der Waals surface area contributed by atoms with E-state index in [9.17, 15) is 4.79 Å². The van der Waals surface area contributed by atoms with E-state index in [2.05, 4.69) is 48.5 Å². The Bertz CT molecular complexity index is 1220. The van der Waals surface area contributed by atoms with Crippen LogP contribution in [0.25, 0.3) is 0 Å². The molecule has 2 unspecified atom stereocenters. The lowest BCUT2D eigenvalue weighted by atomic mass is 9.99. The van der Waals surface area contributed by atoms with Crippen molar-refractivity contribution in [3.63, 3.8) is 0 Å². The molecular formula is C30H27NO3S. The zero-order valence-corrected chi connectivity index (χ0v) is 20.1. The summed E-state index contributed by atoms with van der Waals surface area (Å²) in [6.45, 7) is 0. The van der Waals surface area contributed by atoms with Crippen molar-refractivity contribution >= 4 is 23.4 Å². The van der Waals surface area contributed by atoms with Crippen LogP contribution in [-0.4, -0.2) is 12.1 Å². The molecule has 1 aliphatic rings. The quantitative estimate of drug-likeness (QED) is 0.227. The SMILES string of the molecule is Nc1ccc(C(=O)OC2CC(c3ccccc3)SC(c3ccccc3)C2)cc1Oc1ccccc1. The van der Waals surface area contributed by atoms with Gasteiger partial charge in [-0.1, -0.05) is 78.9 Å². The number of esters is 1. The monoisotopic (exact) mass is 481 g/mol. The molecule has 4 nitrogen and oxygen atoms in total. The van der Waals surface area contributed by atoms with Crippen LogP contribution in [0.1, 0.15) is 44.8 Å². The summed E-state index contributed by atoms with van der Waals surface area (Å²) in [5.41, 5.74) is 9.51. The van der Waals surface area contributed by atoms with Crippen molar-refractivity contribution in [2.45, 2.75) is 29.4 Å². The minimum atomic E-state index is -0.363. The van der Waals surface area contributed by atoms with Gasteiger partial charge in [0.25, 0.3) is 0 Å². The highest BCUT2D eigenvalue weighted by Gasteiger charge is 2.33. The number of para-hydroxylation sites is 1. The summed E-state index contributed by atoms with van der Waals surface area (Å²) in [4.78, 5) is 13.2. The van der Waals surface area contributed by atoms with E-state index in [1.807, 2.05) is 54.2 Å². The second-order valence-corrected chi connectivity index (χ2v) is 10.0. The number of carbonyl (C=O) groups is 1. The predicted molar refractivity (Wildman–Crippen MR) is 142 cm³/mol. The normalized spacial score (nSPS) is 19.6. The molecule has 0 spiro atoms. The van der Waals surface area contributed by atoms with Crippen LogP contribution in [0.2, 0.25) is 0 Å². The molecule has 35 heavy (non-hydrogen) atoms. The van der Waals surface area contributed by atoms with Crippen molar-refractivity contribution < 1.29 is 14.3 Å². The van der Waals surface area contributed by atoms with Gasteiger partial charge in [0.05, 0.1) is 11.3 Å². The number of anilines is 1. The molecule has 1 aliphatic heterocycles. The van der Waals surface area contributed by atoms with Crippen LogP contribution in [0.3, 0.4) is 0 Å². The summed E-state index contributed by atoms with van der Waals surface area (Å²) in [5, 5.41) is 0.493. The lowest BCUT2D eigenvalue weighted by Gasteiger charge is -2.35. The maximum atomic E-state index is 13.2. The lowest BCUT2D eigenvalue weighted by Crippen LogP contribution is -2.26. The Hall–Kier alpha value is -3.70. The van der Waals surface area contributed by atoms with E-state index in [1.54, 1.807) is 18.2 Å². The number of hydrogen-bond acceptors (Lipinski definition) is 5. The Labute approximate surface area is 210 Å². The van der Waals surface area contributed by atoms with Crippen molar-refractivity contribution in [3.8, 4) is 11.5 Å². The number of benzene rings is 4. The first-order valence-corrected chi connectivity index (χ1v) is 12.7. The molecule has 1 fully saturated rings. The highest BCUT2D eigenvalue weighted by Crippen LogP contribution is 2.50. The number of ether oxygens (including phenoxy) is 2. The molecular weight excluding hydrogens is 454 g/mol. The third kappa shape index (κ3) is 5.69. The van der Waals surface area contributed by atoms with Gasteiger partial charge in [-0.25, -0.2) is 4.79 Å². The van der Waals surface area contributed by atoms with Crippen molar-refractivity contribution in [3.05, 3.63) is 126 Å². The zero-order chi connectivity index (χ0) is 24.0. The van der Waals surface area contributed by atoms with Gasteiger partial charge >= 0.3 is 5.97 Å². The van der Waals surface area contributed by atoms with E-state index in [-0.39, 0.29) is 22.6 Å². The fourth-order valence-corrected chi connectivity index (χ4v) is 6.01. The fraction of sp³-hybridized carbons (Fsp3) is 0.167. The van der Waals surface area contributed by atoms with Gasteiger partial charge in [0.15, 0.2) is 5.75 Å². The lowest BCUT2D eigenvalue weighted by molar-refractivity contribution is 0.0248. The molecule has 5 heteroatoms. The highest BCUT2D eigenvalue weighted by molar-refractivity contribution is 7.99. The fourth-order valence-electron chi connectivity index (χ4n) is 4.33. The summed E-state index contributed by atoms with van der Waals surface area (Å²) in [5.74, 6) is 0.734. The van der Waals surface area contributed by atoms with Gasteiger partial charge in [0, 0.05) is 23.3 Å². The number of hydrogen-bond donors (Lipinski definition) is 1. The van der Waals surface area contributed by atoms with E-state index in [1.165, 1.54) is 11.1 Å². The first-order valence-electron chi connectivity index (χ1n) is 11.7. The number of rotatable bonds is 6. The molecule has 4 aromatic carbocycles. The molecule has 1 heterocycles. The summed E-state index contributed by atoms with van der Waals surface area (Å²) in [7, 11) is 0. The third-order valence-corrected chi connectivity index (χ3v) is 7.71. The molecule has 1 saturated heterocycles. The Morgan fingerprint density at radius 2 is 1.29 bits per heavy atom. The van der Waals surface area contributed by atoms with Crippen molar-refractivity contribution in [1.82, 2.24) is 0 Å². The maximum absolute atomic E-state index is 13.2. The van der Waals surface area contributed by atoms with Crippen LogP contribution in [-0.2, 0) is 4.74 Å². The minimum Gasteiger partial charge on any atom is -0.459 e. The van der Waals surface area contributed by atoms with E-state index in [0.29, 0.717) is 22.7 Å². The predicted octanol–water partition coefficient (Wildman–Crippen LogP) is 7.60. The molecule has 4 aromatic rings. The van der Waals surface area contributed by atoms with E-state index < -0.39 is 0 Å². The van der Waals surface area contributed by atoms with Gasteiger partial charge in [0.2, 0.25) is 0 Å². The first kappa shape index (κ1) is 23.1. The minimum absolute atomic E-state index is 0.199. The van der Waals surface area contributed by atoms with E-state index in [0.717, 1.165) is 12.8 Å². The zero-order valence-electron chi connectivity index (χ0n) is 19.2. The van der Waals surface area contributed by atoms with Gasteiger partial charge in [0.1, 0.15) is 11.9 Å². The maximum Gasteiger partial charge on any atom is 0.338 e. The number of carbonyl (C=O) groups excluding carboxylic acids is 1. The van der Waals surface area contributed by atoms with Gasteiger partial charge in [-0.15, -0.1) is 11.8 Å². The van der Waals surface area contributed by atoms with Crippen LogP contribution in [0.15, 0.2) is 109 Å². The van der Waals surface area contributed by atoms with Crippen molar-refractivity contribution in [2.75, 3.05) is 5.73 Å². The van der Waals surface area contributed by atoms with Crippen LogP contribution in [0.5, 0.6) is 11.5 Å². The van der Waals surface area contributed by atoms with Crippen LogP contribution < -0.4 is 10.5 Å². The van der Waals surface area contributed by atoms with Gasteiger partial charge < -0.3 is 15.2 Å². The second-order valence-electron chi connectivity index (χ2n) is 8.60. The van der Waals surface area contributed by atoms with E-state index >= 15 is 0 Å². The molecule has 2 atom stereocenters. The number of nitrogen functional groups attached to an aromatic ring is 1. The molecule has 176 valence electrons. The topological polar surface area (TPSA) is 61.6 Å². The van der Waals surface area contributed by atoms with E-state index in [4.69, 9.17) is 15.2 Å². The standard InChI is InChI=1S/C30H27NO3S/c31-26-17-16-23(18-27(26)33-24-14-8-3-9-15-24)30(32)34-25-19-28(21-10-4-1-5-11-21)35-29(20-25)22-12-6-2-7-13-22/h1-18,25,28-29H,19-20,31H2. The Balaban J connectivity index is 1.35. The highest BCUT2D eigenvalue weighted by atomic mass is 32.2. The van der Waals surface area contributed by atoms with Crippen molar-refractivity contribution in [1.29, 1.82) is 0 Å². The smallest absolute Gasteiger partial charge is 0.338 e. The average molecular weight is 482 g/mol. The number of thioether (sulfide) groups is 1. The van der Waals surface area contributed by atoms with Gasteiger partial charge in [-0.3, -0.25) is 0 Å². The summed E-state index contributed by atoms with van der Waals surface area (Å²) in [6.07, 6.45) is 1.34. The van der Waals surface area contributed by atoms with Crippen LogP contribution in [0, 0.1) is 0 Å². The number of nitrogens with two attached hydrogens (primary N) is 1. The molecule has 0 bridgehead atoms. The Kier molecular flexibility index (Phi) is 7.05. The van der Waals surface area contributed by atoms with Crippen LogP contribution in [0.4, 0.5) is 5.69 Å². The summed E-state index contributed by atoms with van der Waals surface area (Å²) in [6, 6.07) is 35.3. The van der Waals surface area contributed by atoms with Crippen LogP contribution >= 0.6 is 11.8 Å². The largest absolute Gasteiger partial charge is 0.459 e. The Morgan fingerprint density at radius 1 is 0.743 bits per heavy atom. The molecule has 0 radical (unpaired) electrons. The summed E-state index contributed by atoms with van der Waals surface area (Å²) < 4.78 is 12.0. The molecule has 0 aliphatic carbocycles.